The molecule has 0 N–H and O–H groups in total. The molecule has 146 valence electrons. The van der Waals surface area contributed by atoms with E-state index in [0.717, 1.165) is 16.7 Å². The number of hydrogen-bond acceptors (Lipinski definition) is 7. The zero-order valence-electron chi connectivity index (χ0n) is 16.0. The Balaban J connectivity index is 2.17. The lowest BCUT2D eigenvalue weighted by Crippen LogP contribution is -2.37. The SMILES string of the molecule is CCOc1ccc(C=C2SC(=O)N(CC(=O)OC(C)(C)C)C2=O)cc1OC. The number of imide groups is 1. The molecular formula is C19H23NO6S. The number of amides is 2. The van der Waals surface area contributed by atoms with Gasteiger partial charge in [-0.05, 0) is 63.2 Å². The Bertz CT molecular complexity index is 781. The van der Waals surface area contributed by atoms with E-state index in [-0.39, 0.29) is 4.91 Å². The lowest BCUT2D eigenvalue weighted by Gasteiger charge is -2.21. The van der Waals surface area contributed by atoms with E-state index in [1.807, 2.05) is 6.92 Å². The Labute approximate surface area is 162 Å². The lowest BCUT2D eigenvalue weighted by atomic mass is 10.2. The molecule has 1 saturated heterocycles. The quantitative estimate of drug-likeness (QED) is 0.540. The number of ether oxygens (including phenoxy) is 3. The fourth-order valence-corrected chi connectivity index (χ4v) is 3.18. The number of methoxy groups -OCH3 is 1. The van der Waals surface area contributed by atoms with E-state index in [1.54, 1.807) is 45.0 Å². The topological polar surface area (TPSA) is 82.1 Å². The van der Waals surface area contributed by atoms with Crippen LogP contribution < -0.4 is 9.47 Å². The Morgan fingerprint density at radius 1 is 1.22 bits per heavy atom. The predicted molar refractivity (Wildman–Crippen MR) is 103 cm³/mol. The van der Waals surface area contributed by atoms with Crippen molar-refractivity contribution in [3.63, 3.8) is 0 Å². The highest BCUT2D eigenvalue weighted by molar-refractivity contribution is 8.18. The van der Waals surface area contributed by atoms with Crippen LogP contribution in [0.2, 0.25) is 0 Å². The van der Waals surface area contributed by atoms with E-state index >= 15 is 0 Å². The summed E-state index contributed by atoms with van der Waals surface area (Å²) in [5.74, 6) is -0.0359. The first-order valence-corrected chi connectivity index (χ1v) is 9.24. The van der Waals surface area contributed by atoms with Crippen LogP contribution in [-0.4, -0.2) is 47.9 Å². The summed E-state index contributed by atoms with van der Waals surface area (Å²) >= 11 is 0.783. The molecule has 0 aliphatic carbocycles. The summed E-state index contributed by atoms with van der Waals surface area (Å²) in [4.78, 5) is 37.7. The molecule has 1 heterocycles. The Hall–Kier alpha value is -2.48. The van der Waals surface area contributed by atoms with Crippen molar-refractivity contribution in [1.82, 2.24) is 4.90 Å². The molecule has 0 radical (unpaired) electrons. The summed E-state index contributed by atoms with van der Waals surface area (Å²) < 4.78 is 15.9. The minimum absolute atomic E-state index is 0.231. The normalized spacial score (nSPS) is 16.0. The standard InChI is InChI=1S/C19H23NO6S/c1-6-25-13-8-7-12(9-14(13)24-5)10-15-17(22)20(18(23)27-15)11-16(21)26-19(2,3)4/h7-10H,6,11H2,1-5H3. The largest absolute Gasteiger partial charge is 0.493 e. The fourth-order valence-electron chi connectivity index (χ4n) is 2.34. The molecule has 0 bridgehead atoms. The molecule has 27 heavy (non-hydrogen) atoms. The number of carbonyl (C=O) groups is 3. The highest BCUT2D eigenvalue weighted by Gasteiger charge is 2.37. The van der Waals surface area contributed by atoms with Crippen molar-refractivity contribution < 1.29 is 28.6 Å². The molecule has 0 unspecified atom stereocenters. The van der Waals surface area contributed by atoms with E-state index in [9.17, 15) is 14.4 Å². The van der Waals surface area contributed by atoms with Crippen molar-refractivity contribution in [2.75, 3.05) is 20.3 Å². The van der Waals surface area contributed by atoms with Gasteiger partial charge in [-0.15, -0.1) is 0 Å². The van der Waals surface area contributed by atoms with Crippen molar-refractivity contribution in [3.05, 3.63) is 28.7 Å². The molecule has 0 atom stereocenters. The van der Waals surface area contributed by atoms with Crippen molar-refractivity contribution in [2.45, 2.75) is 33.3 Å². The maximum Gasteiger partial charge on any atom is 0.326 e. The smallest absolute Gasteiger partial charge is 0.326 e. The number of rotatable bonds is 6. The van der Waals surface area contributed by atoms with Crippen LogP contribution in [0.3, 0.4) is 0 Å². The molecular weight excluding hydrogens is 370 g/mol. The molecule has 7 nitrogen and oxygen atoms in total. The van der Waals surface area contributed by atoms with Gasteiger partial charge in [-0.25, -0.2) is 0 Å². The van der Waals surface area contributed by atoms with Crippen LogP contribution in [0, 0.1) is 0 Å². The Kier molecular flexibility index (Phi) is 6.54. The second kappa shape index (κ2) is 8.47. The van der Waals surface area contributed by atoms with Gasteiger partial charge >= 0.3 is 5.97 Å². The number of carbonyl (C=O) groups excluding carboxylic acids is 3. The predicted octanol–water partition coefficient (Wildman–Crippen LogP) is 3.47. The number of nitrogens with zero attached hydrogens (tertiary/aromatic N) is 1. The molecule has 1 aliphatic heterocycles. The summed E-state index contributed by atoms with van der Waals surface area (Å²) in [7, 11) is 1.52. The highest BCUT2D eigenvalue weighted by atomic mass is 32.2. The zero-order chi connectivity index (χ0) is 20.2. The minimum atomic E-state index is -0.687. The molecule has 2 amide bonds. The van der Waals surface area contributed by atoms with Gasteiger partial charge in [-0.1, -0.05) is 6.07 Å². The molecule has 2 rings (SSSR count). The third-order valence-electron chi connectivity index (χ3n) is 3.37. The van der Waals surface area contributed by atoms with E-state index in [2.05, 4.69) is 0 Å². The molecule has 1 fully saturated rings. The van der Waals surface area contributed by atoms with Gasteiger partial charge in [0.15, 0.2) is 11.5 Å². The highest BCUT2D eigenvalue weighted by Crippen LogP contribution is 2.34. The summed E-state index contributed by atoms with van der Waals surface area (Å²) in [5.41, 5.74) is -0.00816. The van der Waals surface area contributed by atoms with Gasteiger partial charge in [0.1, 0.15) is 12.1 Å². The van der Waals surface area contributed by atoms with Crippen LogP contribution in [0.15, 0.2) is 23.1 Å². The summed E-state index contributed by atoms with van der Waals surface area (Å²) in [6.45, 7) is 7.12. The van der Waals surface area contributed by atoms with Crippen molar-refractivity contribution >= 4 is 35.0 Å². The van der Waals surface area contributed by atoms with Crippen LogP contribution >= 0.6 is 11.8 Å². The second-order valence-electron chi connectivity index (χ2n) is 6.70. The van der Waals surface area contributed by atoms with Gasteiger partial charge in [-0.2, -0.15) is 0 Å². The van der Waals surface area contributed by atoms with E-state index in [1.165, 1.54) is 7.11 Å². The van der Waals surface area contributed by atoms with Gasteiger partial charge in [0, 0.05) is 0 Å². The van der Waals surface area contributed by atoms with Crippen molar-refractivity contribution in [2.24, 2.45) is 0 Å². The summed E-state index contributed by atoms with van der Waals surface area (Å²) in [6, 6.07) is 5.21. The Morgan fingerprint density at radius 3 is 2.52 bits per heavy atom. The zero-order valence-corrected chi connectivity index (χ0v) is 16.8. The average molecular weight is 393 g/mol. The summed E-state index contributed by atoms with van der Waals surface area (Å²) in [5, 5.41) is -0.505. The van der Waals surface area contributed by atoms with Gasteiger partial charge in [0.25, 0.3) is 11.1 Å². The molecule has 0 aromatic heterocycles. The van der Waals surface area contributed by atoms with Crippen molar-refractivity contribution in [1.29, 1.82) is 0 Å². The van der Waals surface area contributed by atoms with Crippen molar-refractivity contribution in [3.8, 4) is 11.5 Å². The third kappa shape index (κ3) is 5.50. The first kappa shape index (κ1) is 20.8. The van der Waals surface area contributed by atoms with Crippen LogP contribution in [0.5, 0.6) is 11.5 Å². The first-order valence-electron chi connectivity index (χ1n) is 8.42. The molecule has 1 aliphatic rings. The number of thioether (sulfide) groups is 1. The maximum atomic E-state index is 12.5. The molecule has 8 heteroatoms. The average Bonchev–Trinajstić information content (AvgIpc) is 2.82. The molecule has 0 spiro atoms. The van der Waals surface area contributed by atoms with Gasteiger partial charge in [0.05, 0.1) is 18.6 Å². The minimum Gasteiger partial charge on any atom is -0.493 e. The second-order valence-corrected chi connectivity index (χ2v) is 7.69. The van der Waals surface area contributed by atoms with Crippen LogP contribution in [0.1, 0.15) is 33.3 Å². The van der Waals surface area contributed by atoms with Crippen LogP contribution in [-0.2, 0) is 14.3 Å². The van der Waals surface area contributed by atoms with E-state index in [4.69, 9.17) is 14.2 Å². The molecule has 0 saturated carbocycles. The summed E-state index contributed by atoms with van der Waals surface area (Å²) in [6.07, 6.45) is 1.58. The fraction of sp³-hybridized carbons (Fsp3) is 0.421. The number of benzene rings is 1. The monoisotopic (exact) mass is 393 g/mol. The number of hydrogen-bond donors (Lipinski definition) is 0. The van der Waals surface area contributed by atoms with E-state index < -0.39 is 29.3 Å². The van der Waals surface area contributed by atoms with E-state index in [0.29, 0.717) is 23.7 Å². The molecule has 1 aromatic rings. The third-order valence-corrected chi connectivity index (χ3v) is 4.27. The van der Waals surface area contributed by atoms with Crippen LogP contribution in [0.4, 0.5) is 4.79 Å². The Morgan fingerprint density at radius 2 is 1.93 bits per heavy atom. The maximum absolute atomic E-state index is 12.5. The number of esters is 1. The first-order chi connectivity index (χ1) is 12.6. The lowest BCUT2D eigenvalue weighted by molar-refractivity contribution is -0.156. The van der Waals surface area contributed by atoms with Crippen LogP contribution in [0.25, 0.3) is 6.08 Å². The van der Waals surface area contributed by atoms with Gasteiger partial charge < -0.3 is 14.2 Å². The molecule has 1 aromatic carbocycles. The van der Waals surface area contributed by atoms with Gasteiger partial charge in [0.2, 0.25) is 0 Å². The van der Waals surface area contributed by atoms with Gasteiger partial charge in [-0.3, -0.25) is 19.3 Å².